The second-order valence-corrected chi connectivity index (χ2v) is 12.9. The summed E-state index contributed by atoms with van der Waals surface area (Å²) in [6.45, 7) is 9.80. The number of hydrogen-bond acceptors (Lipinski definition) is 8. The number of anilines is 1. The van der Waals surface area contributed by atoms with Gasteiger partial charge in [-0.3, -0.25) is 4.79 Å². The largest absolute Gasteiger partial charge is 0.493 e. The molecule has 4 aromatic rings. The predicted molar refractivity (Wildman–Crippen MR) is 189 cm³/mol. The molecule has 1 aromatic heterocycles. The van der Waals surface area contributed by atoms with E-state index in [9.17, 15) is 9.18 Å². The van der Waals surface area contributed by atoms with Crippen LogP contribution in [-0.2, 0) is 16.7 Å². The Labute approximate surface area is 288 Å². The van der Waals surface area contributed by atoms with Gasteiger partial charge in [0.1, 0.15) is 5.82 Å². The zero-order chi connectivity index (χ0) is 34.4. The Morgan fingerprint density at radius 2 is 1.65 bits per heavy atom. The van der Waals surface area contributed by atoms with Crippen LogP contribution in [-0.4, -0.2) is 106 Å². The third-order valence-corrected chi connectivity index (χ3v) is 10.1. The van der Waals surface area contributed by atoms with Crippen LogP contribution in [0.15, 0.2) is 60.7 Å². The molecule has 11 heteroatoms. The normalized spacial score (nSPS) is 18.6. The lowest BCUT2D eigenvalue weighted by molar-refractivity contribution is 0.0780. The number of aromatic nitrogens is 2. The maximum atomic E-state index is 14.1. The summed E-state index contributed by atoms with van der Waals surface area (Å²) in [5.41, 5.74) is 3.37. The lowest BCUT2D eigenvalue weighted by Gasteiger charge is -2.33. The molecule has 1 unspecified atom stereocenters. The monoisotopic (exact) mass is 673 g/mol. The van der Waals surface area contributed by atoms with Gasteiger partial charge >= 0.3 is 0 Å². The number of ether oxygens (including phenoxy) is 4. The molecule has 0 saturated carbocycles. The number of amides is 1. The number of halogens is 1. The molecule has 1 atom stereocenters. The SMILES string of the molecule is CCOCCn1c(N2CCCN(CCC3(c4ccc(F)cc4)CCN(C(=O)c4cc(OC)c(OC)c(OC)c4)C3)CC2)nc2ccccc21. The Balaban J connectivity index is 1.18. The van der Waals surface area contributed by atoms with Crippen LogP contribution >= 0.6 is 0 Å². The van der Waals surface area contributed by atoms with Gasteiger partial charge < -0.3 is 38.2 Å². The molecule has 2 saturated heterocycles. The predicted octanol–water partition coefficient (Wildman–Crippen LogP) is 5.62. The van der Waals surface area contributed by atoms with Crippen LogP contribution < -0.4 is 19.1 Å². The Bertz CT molecular complexity index is 1700. The van der Waals surface area contributed by atoms with E-state index >= 15 is 0 Å². The van der Waals surface area contributed by atoms with Gasteiger partial charge in [-0.05, 0) is 81.2 Å². The smallest absolute Gasteiger partial charge is 0.254 e. The quantitative estimate of drug-likeness (QED) is 0.169. The summed E-state index contributed by atoms with van der Waals surface area (Å²) < 4.78 is 38.6. The first-order valence-corrected chi connectivity index (χ1v) is 17.3. The minimum Gasteiger partial charge on any atom is -0.493 e. The minimum absolute atomic E-state index is 0.0964. The summed E-state index contributed by atoms with van der Waals surface area (Å²) in [5.74, 6) is 1.97. The summed E-state index contributed by atoms with van der Waals surface area (Å²) in [7, 11) is 4.63. The van der Waals surface area contributed by atoms with Gasteiger partial charge in [0.2, 0.25) is 11.7 Å². The van der Waals surface area contributed by atoms with Crippen LogP contribution in [0.2, 0.25) is 0 Å². The molecule has 0 N–H and O–H groups in total. The molecule has 262 valence electrons. The van der Waals surface area contributed by atoms with Crippen LogP contribution in [0.1, 0.15) is 42.1 Å². The molecule has 10 nitrogen and oxygen atoms in total. The van der Waals surface area contributed by atoms with E-state index < -0.39 is 0 Å². The molecule has 2 aliphatic heterocycles. The van der Waals surface area contributed by atoms with Crippen molar-refractivity contribution in [1.29, 1.82) is 0 Å². The average Bonchev–Trinajstić information content (AvgIpc) is 3.65. The highest BCUT2D eigenvalue weighted by Crippen LogP contribution is 2.41. The van der Waals surface area contributed by atoms with E-state index in [-0.39, 0.29) is 17.1 Å². The van der Waals surface area contributed by atoms with E-state index in [1.165, 1.54) is 12.1 Å². The van der Waals surface area contributed by atoms with Crippen molar-refractivity contribution < 1.29 is 28.1 Å². The Morgan fingerprint density at radius 1 is 0.898 bits per heavy atom. The van der Waals surface area contributed by atoms with Crippen LogP contribution in [0.5, 0.6) is 17.2 Å². The Morgan fingerprint density at radius 3 is 2.37 bits per heavy atom. The molecule has 2 aliphatic rings. The van der Waals surface area contributed by atoms with Crippen LogP contribution in [0.3, 0.4) is 0 Å². The number of fused-ring (bicyclic) bond motifs is 1. The number of rotatable bonds is 13. The topological polar surface area (TPSA) is 81.5 Å². The number of methoxy groups -OCH3 is 3. The standard InChI is InChI=1S/C38H48FN5O5/c1-5-49-24-23-44-32-10-7-6-9-31(32)40-37(44)42-18-8-17-41(21-22-42)19-15-38(29-11-13-30(39)14-12-29)16-20-43(27-38)36(45)28-25-33(46-2)35(48-4)34(26-28)47-3/h6-7,9-14,25-26H,5,8,15-24,27H2,1-4H3. The molecular formula is C38H48FN5O5. The highest BCUT2D eigenvalue weighted by Gasteiger charge is 2.42. The highest BCUT2D eigenvalue weighted by atomic mass is 19.1. The molecule has 0 bridgehead atoms. The second-order valence-electron chi connectivity index (χ2n) is 12.9. The molecule has 0 aliphatic carbocycles. The third kappa shape index (κ3) is 7.33. The van der Waals surface area contributed by atoms with E-state index in [1.807, 2.05) is 30.0 Å². The van der Waals surface area contributed by atoms with Crippen LogP contribution in [0.25, 0.3) is 11.0 Å². The van der Waals surface area contributed by atoms with Crippen molar-refractivity contribution in [2.24, 2.45) is 0 Å². The van der Waals surface area contributed by atoms with Crippen molar-refractivity contribution >= 4 is 22.9 Å². The van der Waals surface area contributed by atoms with Crippen molar-refractivity contribution in [3.05, 3.63) is 77.6 Å². The van der Waals surface area contributed by atoms with Gasteiger partial charge in [0.25, 0.3) is 5.91 Å². The number of nitrogens with zero attached hydrogens (tertiary/aromatic N) is 5. The maximum absolute atomic E-state index is 14.1. The first kappa shape index (κ1) is 34.5. The molecule has 2 fully saturated rings. The van der Waals surface area contributed by atoms with E-state index in [2.05, 4.69) is 32.6 Å². The van der Waals surface area contributed by atoms with E-state index in [4.69, 9.17) is 23.9 Å². The Kier molecular flexibility index (Phi) is 10.9. The molecular weight excluding hydrogens is 625 g/mol. The number of imidazole rings is 1. The first-order valence-electron chi connectivity index (χ1n) is 17.3. The molecule has 3 aromatic carbocycles. The summed E-state index contributed by atoms with van der Waals surface area (Å²) in [6, 6.07) is 18.6. The average molecular weight is 674 g/mol. The number of carbonyl (C=O) groups is 1. The van der Waals surface area contributed by atoms with Crippen molar-refractivity contribution in [3.63, 3.8) is 0 Å². The fourth-order valence-corrected chi connectivity index (χ4v) is 7.41. The number of benzene rings is 3. The summed E-state index contributed by atoms with van der Waals surface area (Å²) >= 11 is 0. The van der Waals surface area contributed by atoms with E-state index in [0.29, 0.717) is 49.1 Å². The molecule has 6 rings (SSSR count). The number of hydrogen-bond donors (Lipinski definition) is 0. The van der Waals surface area contributed by atoms with Crippen LogP contribution in [0.4, 0.5) is 10.3 Å². The maximum Gasteiger partial charge on any atom is 0.254 e. The van der Waals surface area contributed by atoms with Crippen molar-refractivity contribution in [2.75, 3.05) is 85.3 Å². The lowest BCUT2D eigenvalue weighted by atomic mass is 9.76. The number of para-hydroxylation sites is 2. The number of likely N-dealkylation sites (tertiary alicyclic amines) is 1. The molecule has 0 radical (unpaired) electrons. The molecule has 1 amide bonds. The lowest BCUT2D eigenvalue weighted by Crippen LogP contribution is -2.39. The second kappa shape index (κ2) is 15.5. The van der Waals surface area contributed by atoms with Crippen molar-refractivity contribution in [3.8, 4) is 17.2 Å². The highest BCUT2D eigenvalue weighted by molar-refractivity contribution is 5.96. The fraction of sp³-hybridized carbons (Fsp3) is 0.474. The van der Waals surface area contributed by atoms with Gasteiger partial charge in [-0.25, -0.2) is 9.37 Å². The van der Waals surface area contributed by atoms with Gasteiger partial charge in [0.15, 0.2) is 11.5 Å². The summed E-state index contributed by atoms with van der Waals surface area (Å²) in [4.78, 5) is 25.8. The van der Waals surface area contributed by atoms with Gasteiger partial charge in [-0.2, -0.15) is 0 Å². The van der Waals surface area contributed by atoms with E-state index in [0.717, 1.165) is 81.1 Å². The first-order chi connectivity index (χ1) is 23.9. The van der Waals surface area contributed by atoms with Crippen molar-refractivity contribution in [2.45, 2.75) is 38.1 Å². The molecule has 3 heterocycles. The summed E-state index contributed by atoms with van der Waals surface area (Å²) in [6.07, 6.45) is 2.66. The van der Waals surface area contributed by atoms with Gasteiger partial charge in [-0.15, -0.1) is 0 Å². The molecule has 0 spiro atoms. The van der Waals surface area contributed by atoms with Crippen LogP contribution in [0, 0.1) is 5.82 Å². The zero-order valence-corrected chi connectivity index (χ0v) is 29.1. The Hall–Kier alpha value is -4.35. The number of carbonyl (C=O) groups excluding carboxylic acids is 1. The van der Waals surface area contributed by atoms with Gasteiger partial charge in [-0.1, -0.05) is 24.3 Å². The van der Waals surface area contributed by atoms with Gasteiger partial charge in [0.05, 0.1) is 39.0 Å². The fourth-order valence-electron chi connectivity index (χ4n) is 7.41. The molecule has 49 heavy (non-hydrogen) atoms. The third-order valence-electron chi connectivity index (χ3n) is 10.1. The van der Waals surface area contributed by atoms with Gasteiger partial charge in [0, 0.05) is 56.9 Å². The van der Waals surface area contributed by atoms with Crippen molar-refractivity contribution in [1.82, 2.24) is 19.4 Å². The zero-order valence-electron chi connectivity index (χ0n) is 29.1. The van der Waals surface area contributed by atoms with E-state index in [1.54, 1.807) is 33.5 Å². The summed E-state index contributed by atoms with van der Waals surface area (Å²) in [5, 5.41) is 0. The minimum atomic E-state index is -0.302.